The van der Waals surface area contributed by atoms with E-state index in [0.717, 1.165) is 11.8 Å². The molecule has 292 valence electrons. The summed E-state index contributed by atoms with van der Waals surface area (Å²) in [5, 5.41) is 4.55. The summed E-state index contributed by atoms with van der Waals surface area (Å²) in [5.74, 6) is 3.06. The Morgan fingerprint density at radius 3 is 2.45 bits per heavy atom. The van der Waals surface area contributed by atoms with Crippen LogP contribution in [0.3, 0.4) is 0 Å². The normalized spacial score (nSPS) is 31.3. The second kappa shape index (κ2) is 17.3. The molecule has 2 saturated carbocycles. The van der Waals surface area contributed by atoms with Crippen LogP contribution in [0.4, 0.5) is 0 Å². The molecule has 0 aliphatic heterocycles. The fraction of sp³-hybridized carbons (Fsp3) is 0.593. The van der Waals surface area contributed by atoms with Crippen LogP contribution in [0.2, 0.25) is 0 Å². The average molecular weight is 734 g/mol. The van der Waals surface area contributed by atoms with Gasteiger partial charge >= 0.3 is 0 Å². The summed E-state index contributed by atoms with van der Waals surface area (Å²) in [4.78, 5) is 0. The Kier molecular flexibility index (Phi) is 11.8. The van der Waals surface area contributed by atoms with E-state index >= 15 is 0 Å². The van der Waals surface area contributed by atoms with E-state index in [4.69, 9.17) is 0 Å². The number of hydrogen-bond donors (Lipinski definition) is 1. The number of nitrogens with one attached hydrogen (secondary N) is 1. The van der Waals surface area contributed by atoms with Gasteiger partial charge in [0.25, 0.3) is 0 Å². The minimum Gasteiger partial charge on any atom is -0.307 e. The van der Waals surface area contributed by atoms with Gasteiger partial charge in [-0.15, -0.1) is 0 Å². The molecule has 1 nitrogen and oxygen atoms in total. The molecule has 1 heteroatoms. The second-order valence-corrected chi connectivity index (χ2v) is 19.1. The summed E-state index contributed by atoms with van der Waals surface area (Å²) in [6.07, 6.45) is 56.9. The van der Waals surface area contributed by atoms with Crippen LogP contribution in [0.25, 0.3) is 0 Å². The van der Waals surface area contributed by atoms with Crippen molar-refractivity contribution in [1.29, 1.82) is 0 Å². The number of allylic oxidation sites excluding steroid dienone is 19. The van der Waals surface area contributed by atoms with Crippen LogP contribution < -0.4 is 5.32 Å². The van der Waals surface area contributed by atoms with Gasteiger partial charge in [-0.2, -0.15) is 0 Å². The van der Waals surface area contributed by atoms with E-state index in [0.29, 0.717) is 23.9 Å². The van der Waals surface area contributed by atoms with Gasteiger partial charge in [0.1, 0.15) is 0 Å². The third-order valence-electron chi connectivity index (χ3n) is 15.8. The van der Waals surface area contributed by atoms with Crippen molar-refractivity contribution in [2.24, 2.45) is 23.7 Å². The minimum absolute atomic E-state index is 0.424. The lowest BCUT2D eigenvalue weighted by molar-refractivity contribution is 0.121. The van der Waals surface area contributed by atoms with Gasteiger partial charge in [-0.3, -0.25) is 0 Å². The van der Waals surface area contributed by atoms with Crippen molar-refractivity contribution in [1.82, 2.24) is 5.32 Å². The maximum atomic E-state index is 4.55. The lowest BCUT2D eigenvalue weighted by atomic mass is 9.67. The van der Waals surface area contributed by atoms with Crippen LogP contribution in [0.5, 0.6) is 0 Å². The molecule has 9 aliphatic carbocycles. The summed E-state index contributed by atoms with van der Waals surface area (Å²) < 4.78 is 0. The molecule has 0 aromatic heterocycles. The fourth-order valence-corrected chi connectivity index (χ4v) is 12.9. The smallest absolute Gasteiger partial charge is 0.0363 e. The van der Waals surface area contributed by atoms with Crippen LogP contribution in [0, 0.1) is 23.7 Å². The summed E-state index contributed by atoms with van der Waals surface area (Å²) in [6, 6.07) is 1.10. The Morgan fingerprint density at radius 2 is 1.53 bits per heavy atom. The van der Waals surface area contributed by atoms with Crippen LogP contribution >= 0.6 is 0 Å². The number of rotatable bonds is 11. The molecule has 6 atom stereocenters. The zero-order chi connectivity index (χ0) is 37.1. The Bertz CT molecular complexity index is 1830. The maximum Gasteiger partial charge on any atom is 0.0363 e. The van der Waals surface area contributed by atoms with E-state index in [1.807, 2.05) is 0 Å². The third kappa shape index (κ3) is 7.87. The molecule has 1 N–H and O–H groups in total. The largest absolute Gasteiger partial charge is 0.307 e. The van der Waals surface area contributed by atoms with Crippen LogP contribution in [-0.2, 0) is 0 Å². The Balaban J connectivity index is 1.06. The molecule has 2 fully saturated rings. The highest BCUT2D eigenvalue weighted by atomic mass is 15.0. The van der Waals surface area contributed by atoms with E-state index in [9.17, 15) is 0 Å². The van der Waals surface area contributed by atoms with Crippen molar-refractivity contribution >= 4 is 0 Å². The molecule has 9 rings (SSSR count). The van der Waals surface area contributed by atoms with E-state index in [2.05, 4.69) is 79.9 Å². The van der Waals surface area contributed by atoms with E-state index in [1.54, 1.807) is 66.9 Å². The number of fused-ring (bicyclic) bond motifs is 2. The van der Waals surface area contributed by atoms with Gasteiger partial charge in [0.2, 0.25) is 0 Å². The average Bonchev–Trinajstić information content (AvgIpc) is 3.24. The molecule has 0 heterocycles. The van der Waals surface area contributed by atoms with E-state index in [-0.39, 0.29) is 0 Å². The van der Waals surface area contributed by atoms with Gasteiger partial charge in [0.05, 0.1) is 0 Å². The standard InChI is InChI=1S/C54H71N/c1-3-4-5-6-16-37(2)43-31-32-45(48-23-12-11-22-47(43)48)42-29-30-52(54(36-42)55-53-26-15-20-39-18-9-10-21-46(39)53)51-34-33-44(49-24-13-14-25-50(49)51)41-28-27-38-17-7-8-19-40(38)35-41/h7,11,14,17,22,25,29-31,35,37,39,45-46,53-55H,3-6,8-10,12-13,15-16,18-21,23-24,26-28,32-34,36H2,1-2H3/t37?,39?,45-,46?,53?,54?/m0/s1. The first-order valence-electron chi connectivity index (χ1n) is 23.6. The lowest BCUT2D eigenvalue weighted by Gasteiger charge is -2.45. The molecule has 0 bridgehead atoms. The zero-order valence-electron chi connectivity index (χ0n) is 34.7. The molecule has 55 heavy (non-hydrogen) atoms. The zero-order valence-corrected chi connectivity index (χ0v) is 34.7. The minimum atomic E-state index is 0.424. The van der Waals surface area contributed by atoms with Crippen molar-refractivity contribution in [3.63, 3.8) is 0 Å². The summed E-state index contributed by atoms with van der Waals surface area (Å²) >= 11 is 0. The molecule has 0 spiro atoms. The molecule has 0 aromatic carbocycles. The van der Waals surface area contributed by atoms with Gasteiger partial charge in [-0.1, -0.05) is 144 Å². The second-order valence-electron chi connectivity index (χ2n) is 19.1. The highest BCUT2D eigenvalue weighted by molar-refractivity contribution is 5.63. The molecular weight excluding hydrogens is 663 g/mol. The summed E-state index contributed by atoms with van der Waals surface area (Å²) in [5.41, 5.74) is 20.0. The first kappa shape index (κ1) is 37.7. The Morgan fingerprint density at radius 1 is 0.709 bits per heavy atom. The molecular formula is C54H71N. The quantitative estimate of drug-likeness (QED) is 0.209. The first-order valence-corrected chi connectivity index (χ1v) is 23.6. The first-order chi connectivity index (χ1) is 27.2. The van der Waals surface area contributed by atoms with E-state index < -0.39 is 0 Å². The molecule has 5 unspecified atom stereocenters. The third-order valence-corrected chi connectivity index (χ3v) is 15.8. The summed E-state index contributed by atoms with van der Waals surface area (Å²) in [6.45, 7) is 4.85. The van der Waals surface area contributed by atoms with Gasteiger partial charge in [-0.25, -0.2) is 0 Å². The van der Waals surface area contributed by atoms with Gasteiger partial charge in [0, 0.05) is 18.0 Å². The van der Waals surface area contributed by atoms with Crippen molar-refractivity contribution in [2.75, 3.05) is 0 Å². The van der Waals surface area contributed by atoms with Gasteiger partial charge < -0.3 is 5.32 Å². The van der Waals surface area contributed by atoms with Crippen molar-refractivity contribution in [3.05, 3.63) is 128 Å². The lowest BCUT2D eigenvalue weighted by Crippen LogP contribution is -2.49. The molecule has 0 radical (unpaired) electrons. The van der Waals surface area contributed by atoms with Crippen molar-refractivity contribution in [2.45, 2.75) is 180 Å². The fourth-order valence-electron chi connectivity index (χ4n) is 12.9. The summed E-state index contributed by atoms with van der Waals surface area (Å²) in [7, 11) is 0. The molecule has 9 aliphatic rings. The predicted molar refractivity (Wildman–Crippen MR) is 235 cm³/mol. The Labute approximate surface area is 335 Å². The molecule has 0 amide bonds. The van der Waals surface area contributed by atoms with E-state index in [1.165, 1.54) is 154 Å². The van der Waals surface area contributed by atoms with Crippen LogP contribution in [0.15, 0.2) is 128 Å². The monoisotopic (exact) mass is 734 g/mol. The van der Waals surface area contributed by atoms with Crippen molar-refractivity contribution in [3.8, 4) is 0 Å². The van der Waals surface area contributed by atoms with Gasteiger partial charge in [-0.05, 0) is 170 Å². The topological polar surface area (TPSA) is 12.0 Å². The van der Waals surface area contributed by atoms with Crippen LogP contribution in [-0.4, -0.2) is 12.1 Å². The number of unbranched alkanes of at least 4 members (excludes halogenated alkanes) is 3. The van der Waals surface area contributed by atoms with Crippen molar-refractivity contribution < 1.29 is 0 Å². The molecule has 0 saturated heterocycles. The highest BCUT2D eigenvalue weighted by Gasteiger charge is 2.39. The molecule has 0 aromatic rings. The predicted octanol–water partition coefficient (Wildman–Crippen LogP) is 14.9. The van der Waals surface area contributed by atoms with Gasteiger partial charge in [0.15, 0.2) is 0 Å². The highest BCUT2D eigenvalue weighted by Crippen LogP contribution is 2.49. The maximum absolute atomic E-state index is 4.55. The SMILES string of the molecule is CCCCCCC(C)C1=CC[C@@H](C2=CC=C(C3=C4C=CCCC4=C(C4=CC5=C(C=CCC5)CC4)CC3)C(NC3CCCC4CCCCC43)C2)C2=C1C=CCC2. The number of hydrogen-bond acceptors (Lipinski definition) is 1. The van der Waals surface area contributed by atoms with Crippen LogP contribution in [0.1, 0.15) is 168 Å². The Hall–Kier alpha value is -2.90.